The van der Waals surface area contributed by atoms with E-state index in [1.807, 2.05) is 23.8 Å². The Labute approximate surface area is 108 Å². The van der Waals surface area contributed by atoms with E-state index in [-0.39, 0.29) is 17.7 Å². The zero-order valence-electron chi connectivity index (χ0n) is 11.3. The molecule has 3 nitrogen and oxygen atoms in total. The molecule has 100 valence electrons. The summed E-state index contributed by atoms with van der Waals surface area (Å²) in [6.07, 6.45) is 6.53. The summed E-state index contributed by atoms with van der Waals surface area (Å²) in [4.78, 5) is 12.1. The van der Waals surface area contributed by atoms with Crippen molar-refractivity contribution in [1.82, 2.24) is 4.57 Å². The summed E-state index contributed by atoms with van der Waals surface area (Å²) < 4.78 is 1.83. The van der Waals surface area contributed by atoms with E-state index in [4.69, 9.17) is 0 Å². The lowest BCUT2D eigenvalue weighted by Gasteiger charge is -2.35. The van der Waals surface area contributed by atoms with Gasteiger partial charge in [-0.1, -0.05) is 13.3 Å². The average Bonchev–Trinajstić information content (AvgIpc) is 2.32. The van der Waals surface area contributed by atoms with Crippen LogP contribution in [0.3, 0.4) is 0 Å². The van der Waals surface area contributed by atoms with E-state index >= 15 is 0 Å². The van der Waals surface area contributed by atoms with Gasteiger partial charge in [0.1, 0.15) is 0 Å². The Hall–Kier alpha value is -1.09. The molecule has 1 saturated carbocycles. The Morgan fingerprint density at radius 1 is 1.44 bits per heavy atom. The molecule has 18 heavy (non-hydrogen) atoms. The maximum atomic E-state index is 12.1. The maximum Gasteiger partial charge on any atom is 0.251 e. The summed E-state index contributed by atoms with van der Waals surface area (Å²) in [7, 11) is 0. The monoisotopic (exact) mass is 249 g/mol. The lowest BCUT2D eigenvalue weighted by molar-refractivity contribution is 0.0682. The molecule has 3 unspecified atom stereocenters. The molecule has 2 rings (SSSR count). The number of hydrogen-bond acceptors (Lipinski definition) is 2. The van der Waals surface area contributed by atoms with E-state index in [2.05, 4.69) is 6.92 Å². The number of aryl methyl sites for hydroxylation is 1. The molecule has 0 radical (unpaired) electrons. The molecule has 1 aromatic heterocycles. The molecule has 0 amide bonds. The van der Waals surface area contributed by atoms with Gasteiger partial charge in [-0.2, -0.15) is 0 Å². The summed E-state index contributed by atoms with van der Waals surface area (Å²) in [6.45, 7) is 4.12. The topological polar surface area (TPSA) is 42.2 Å². The van der Waals surface area contributed by atoms with E-state index in [9.17, 15) is 9.90 Å². The predicted molar refractivity (Wildman–Crippen MR) is 72.7 cm³/mol. The van der Waals surface area contributed by atoms with Crippen LogP contribution >= 0.6 is 0 Å². The molecule has 1 aliphatic rings. The number of aliphatic hydroxyl groups is 1. The number of aromatic nitrogens is 1. The van der Waals surface area contributed by atoms with Crippen LogP contribution in [0.5, 0.6) is 0 Å². The van der Waals surface area contributed by atoms with Gasteiger partial charge in [0.15, 0.2) is 0 Å². The van der Waals surface area contributed by atoms with E-state index in [0.29, 0.717) is 12.3 Å². The van der Waals surface area contributed by atoms with Crippen LogP contribution in [0.25, 0.3) is 0 Å². The van der Waals surface area contributed by atoms with Gasteiger partial charge in [0.2, 0.25) is 0 Å². The Bertz CT molecular complexity index is 452. The molecule has 0 aliphatic heterocycles. The first-order chi connectivity index (χ1) is 8.61. The quantitative estimate of drug-likeness (QED) is 0.895. The van der Waals surface area contributed by atoms with E-state index < -0.39 is 0 Å². The van der Waals surface area contributed by atoms with Crippen LogP contribution in [0, 0.1) is 12.8 Å². The molecule has 0 bridgehead atoms. The van der Waals surface area contributed by atoms with Crippen molar-refractivity contribution in [3.63, 3.8) is 0 Å². The van der Waals surface area contributed by atoms with E-state index in [1.54, 1.807) is 6.07 Å². The van der Waals surface area contributed by atoms with Crippen molar-refractivity contribution in [3.05, 3.63) is 34.2 Å². The van der Waals surface area contributed by atoms with Crippen LogP contribution < -0.4 is 5.56 Å². The second kappa shape index (κ2) is 5.70. The SMILES string of the molecule is CCCC1CCC(O)CC1n1ccc(C)cc1=O. The zero-order valence-corrected chi connectivity index (χ0v) is 11.3. The molecule has 1 heterocycles. The number of rotatable bonds is 3. The minimum Gasteiger partial charge on any atom is -0.393 e. The molecule has 3 atom stereocenters. The normalized spacial score (nSPS) is 28.3. The summed E-state index contributed by atoms with van der Waals surface area (Å²) >= 11 is 0. The summed E-state index contributed by atoms with van der Waals surface area (Å²) in [5.74, 6) is 0.527. The highest BCUT2D eigenvalue weighted by Gasteiger charge is 2.30. The Morgan fingerprint density at radius 3 is 2.89 bits per heavy atom. The second-order valence-electron chi connectivity index (χ2n) is 5.53. The predicted octanol–water partition coefficient (Wildman–Crippen LogP) is 2.66. The van der Waals surface area contributed by atoms with Gasteiger partial charge in [-0.15, -0.1) is 0 Å². The smallest absolute Gasteiger partial charge is 0.251 e. The van der Waals surface area contributed by atoms with E-state index in [1.165, 1.54) is 0 Å². The lowest BCUT2D eigenvalue weighted by Crippen LogP contribution is -2.35. The fourth-order valence-corrected chi connectivity index (χ4v) is 3.10. The standard InChI is InChI=1S/C15H23NO2/c1-3-4-12-5-6-13(17)10-14(12)16-8-7-11(2)9-15(16)18/h7-9,12-14,17H,3-6,10H2,1-2H3. The van der Waals surface area contributed by atoms with Gasteiger partial charge in [0.05, 0.1) is 6.10 Å². The second-order valence-corrected chi connectivity index (χ2v) is 5.53. The third-order valence-electron chi connectivity index (χ3n) is 4.05. The fourth-order valence-electron chi connectivity index (χ4n) is 3.10. The molecule has 0 spiro atoms. The van der Waals surface area contributed by atoms with Gasteiger partial charge in [-0.25, -0.2) is 0 Å². The first-order valence-corrected chi connectivity index (χ1v) is 6.98. The van der Waals surface area contributed by atoms with Crippen molar-refractivity contribution in [2.24, 2.45) is 5.92 Å². The van der Waals surface area contributed by atoms with Crippen molar-refractivity contribution >= 4 is 0 Å². The highest BCUT2D eigenvalue weighted by atomic mass is 16.3. The van der Waals surface area contributed by atoms with Crippen LogP contribution in [0.1, 0.15) is 50.6 Å². The summed E-state index contributed by atoms with van der Waals surface area (Å²) in [5, 5.41) is 9.86. The van der Waals surface area contributed by atoms with Crippen LogP contribution in [0.4, 0.5) is 0 Å². The fraction of sp³-hybridized carbons (Fsp3) is 0.667. The van der Waals surface area contributed by atoms with Gasteiger partial charge in [0.25, 0.3) is 5.56 Å². The van der Waals surface area contributed by atoms with Crippen LogP contribution in [0.2, 0.25) is 0 Å². The Balaban J connectivity index is 2.29. The van der Waals surface area contributed by atoms with Gasteiger partial charge in [-0.3, -0.25) is 4.79 Å². The third kappa shape index (κ3) is 2.83. The minimum absolute atomic E-state index is 0.0650. The molecule has 1 fully saturated rings. The first kappa shape index (κ1) is 13.3. The van der Waals surface area contributed by atoms with Crippen LogP contribution in [0.15, 0.2) is 23.1 Å². The van der Waals surface area contributed by atoms with Gasteiger partial charge >= 0.3 is 0 Å². The molecule has 1 aliphatic carbocycles. The molecule has 0 aromatic carbocycles. The van der Waals surface area contributed by atoms with Crippen molar-refractivity contribution in [2.45, 2.75) is 58.1 Å². The van der Waals surface area contributed by atoms with Gasteiger partial charge < -0.3 is 9.67 Å². The molecule has 3 heteroatoms. The van der Waals surface area contributed by atoms with Crippen LogP contribution in [-0.4, -0.2) is 15.8 Å². The molecular formula is C15H23NO2. The molecule has 1 aromatic rings. The molecule has 1 N–H and O–H groups in total. The Kier molecular flexibility index (Phi) is 4.23. The highest BCUT2D eigenvalue weighted by Crippen LogP contribution is 2.36. The van der Waals surface area contributed by atoms with Crippen LogP contribution in [-0.2, 0) is 0 Å². The van der Waals surface area contributed by atoms with Crippen molar-refractivity contribution in [3.8, 4) is 0 Å². The van der Waals surface area contributed by atoms with Crippen molar-refractivity contribution in [1.29, 1.82) is 0 Å². The van der Waals surface area contributed by atoms with Crippen molar-refractivity contribution in [2.75, 3.05) is 0 Å². The average molecular weight is 249 g/mol. The minimum atomic E-state index is -0.253. The Morgan fingerprint density at radius 2 is 2.22 bits per heavy atom. The highest BCUT2D eigenvalue weighted by molar-refractivity contribution is 5.09. The number of nitrogens with zero attached hydrogens (tertiary/aromatic N) is 1. The number of hydrogen-bond donors (Lipinski definition) is 1. The zero-order chi connectivity index (χ0) is 13.1. The third-order valence-corrected chi connectivity index (χ3v) is 4.05. The number of pyridine rings is 1. The summed E-state index contributed by atoms with van der Waals surface area (Å²) in [5.41, 5.74) is 1.06. The first-order valence-electron chi connectivity index (χ1n) is 6.98. The largest absolute Gasteiger partial charge is 0.393 e. The van der Waals surface area contributed by atoms with Gasteiger partial charge in [0, 0.05) is 18.3 Å². The van der Waals surface area contributed by atoms with Crippen molar-refractivity contribution < 1.29 is 5.11 Å². The number of aliphatic hydroxyl groups excluding tert-OH is 1. The summed E-state index contributed by atoms with van der Waals surface area (Å²) in [6, 6.07) is 3.83. The molecule has 0 saturated heterocycles. The maximum absolute atomic E-state index is 12.1. The molecular weight excluding hydrogens is 226 g/mol. The lowest BCUT2D eigenvalue weighted by atomic mass is 9.80. The van der Waals surface area contributed by atoms with E-state index in [0.717, 1.165) is 31.2 Å². The van der Waals surface area contributed by atoms with Gasteiger partial charge in [-0.05, 0) is 50.2 Å².